The third-order valence-electron chi connectivity index (χ3n) is 3.38. The van der Waals surface area contributed by atoms with Gasteiger partial charge < -0.3 is 0 Å². The molecule has 0 spiro atoms. The van der Waals surface area contributed by atoms with Crippen molar-refractivity contribution in [2.45, 2.75) is 18.7 Å². The molecule has 2 heterocycles. The summed E-state index contributed by atoms with van der Waals surface area (Å²) in [6, 6.07) is 8.46. The van der Waals surface area contributed by atoms with Crippen molar-refractivity contribution in [1.82, 2.24) is 15.2 Å². The van der Waals surface area contributed by atoms with Gasteiger partial charge in [-0.3, -0.25) is 14.8 Å². The molecule has 0 aliphatic carbocycles. The molecule has 1 aromatic carbocycles. The standard InChI is InChI=1S/C14H14N4O2S/c1-9-10(2)16-17-14(9)18-21(19,20)13-7-3-6-12-11(13)5-4-8-15-12/h3-8H,1-2H3,(H2,16,17,18). The highest BCUT2D eigenvalue weighted by Gasteiger charge is 2.20. The molecule has 0 radical (unpaired) electrons. The van der Waals surface area contributed by atoms with Crippen LogP contribution in [0, 0.1) is 13.8 Å². The fourth-order valence-electron chi connectivity index (χ4n) is 2.08. The lowest BCUT2D eigenvalue weighted by Crippen LogP contribution is -2.14. The second kappa shape index (κ2) is 4.85. The predicted molar refractivity (Wildman–Crippen MR) is 80.6 cm³/mol. The first kappa shape index (κ1) is 13.6. The van der Waals surface area contributed by atoms with Gasteiger partial charge in [0.1, 0.15) is 0 Å². The van der Waals surface area contributed by atoms with E-state index in [4.69, 9.17) is 0 Å². The maximum absolute atomic E-state index is 12.6. The van der Waals surface area contributed by atoms with E-state index in [1.807, 2.05) is 6.92 Å². The van der Waals surface area contributed by atoms with Crippen LogP contribution in [0.2, 0.25) is 0 Å². The summed E-state index contributed by atoms with van der Waals surface area (Å²) in [6.45, 7) is 3.64. The minimum absolute atomic E-state index is 0.188. The van der Waals surface area contributed by atoms with Gasteiger partial charge in [-0.05, 0) is 38.1 Å². The first-order valence-corrected chi connectivity index (χ1v) is 7.85. The summed E-state index contributed by atoms with van der Waals surface area (Å²) >= 11 is 0. The van der Waals surface area contributed by atoms with Gasteiger partial charge in [0.15, 0.2) is 5.82 Å². The number of benzene rings is 1. The largest absolute Gasteiger partial charge is 0.280 e. The zero-order valence-corrected chi connectivity index (χ0v) is 12.4. The number of hydrogen-bond acceptors (Lipinski definition) is 4. The summed E-state index contributed by atoms with van der Waals surface area (Å²) in [7, 11) is -3.72. The Morgan fingerprint density at radius 3 is 2.67 bits per heavy atom. The van der Waals surface area contributed by atoms with Gasteiger partial charge >= 0.3 is 0 Å². The molecule has 108 valence electrons. The number of fused-ring (bicyclic) bond motifs is 1. The lowest BCUT2D eigenvalue weighted by molar-refractivity contribution is 0.602. The van der Waals surface area contributed by atoms with Crippen LogP contribution in [0.15, 0.2) is 41.4 Å². The molecular weight excluding hydrogens is 288 g/mol. The van der Waals surface area contributed by atoms with E-state index >= 15 is 0 Å². The summed E-state index contributed by atoms with van der Waals surface area (Å²) in [4.78, 5) is 4.36. The zero-order chi connectivity index (χ0) is 15.0. The van der Waals surface area contributed by atoms with Crippen LogP contribution in [-0.4, -0.2) is 23.6 Å². The van der Waals surface area contributed by atoms with Crippen molar-refractivity contribution in [2.24, 2.45) is 0 Å². The molecule has 6 nitrogen and oxygen atoms in total. The second-order valence-corrected chi connectivity index (χ2v) is 6.40. The molecule has 3 rings (SSSR count). The molecule has 0 amide bonds. The lowest BCUT2D eigenvalue weighted by Gasteiger charge is -2.09. The zero-order valence-electron chi connectivity index (χ0n) is 11.6. The lowest BCUT2D eigenvalue weighted by atomic mass is 10.2. The Morgan fingerprint density at radius 2 is 1.95 bits per heavy atom. The maximum atomic E-state index is 12.6. The van der Waals surface area contributed by atoms with E-state index in [0.717, 1.165) is 11.3 Å². The van der Waals surface area contributed by atoms with Crippen molar-refractivity contribution in [3.8, 4) is 0 Å². The van der Waals surface area contributed by atoms with Crippen molar-refractivity contribution in [1.29, 1.82) is 0 Å². The first-order chi connectivity index (χ1) is 9.99. The van der Waals surface area contributed by atoms with Gasteiger partial charge in [0.2, 0.25) is 0 Å². The molecule has 21 heavy (non-hydrogen) atoms. The summed E-state index contributed by atoms with van der Waals surface area (Å²) < 4.78 is 27.7. The Labute approximate surface area is 122 Å². The number of nitrogens with one attached hydrogen (secondary N) is 2. The highest BCUT2D eigenvalue weighted by atomic mass is 32.2. The van der Waals surface area contributed by atoms with E-state index in [0.29, 0.717) is 16.7 Å². The minimum Gasteiger partial charge on any atom is -0.280 e. The Hall–Kier alpha value is -2.41. The molecule has 3 aromatic rings. The topological polar surface area (TPSA) is 87.7 Å². The molecule has 0 atom stereocenters. The predicted octanol–water partition coefficient (Wildman–Crippen LogP) is 2.38. The molecule has 0 saturated heterocycles. The van der Waals surface area contributed by atoms with Gasteiger partial charge in [0.05, 0.1) is 10.4 Å². The van der Waals surface area contributed by atoms with Crippen LogP contribution < -0.4 is 4.72 Å². The first-order valence-electron chi connectivity index (χ1n) is 6.37. The molecule has 2 aromatic heterocycles. The van der Waals surface area contributed by atoms with Crippen LogP contribution in [0.4, 0.5) is 5.82 Å². The van der Waals surface area contributed by atoms with E-state index in [2.05, 4.69) is 19.9 Å². The van der Waals surface area contributed by atoms with Crippen LogP contribution in [0.1, 0.15) is 11.3 Å². The van der Waals surface area contributed by atoms with Gasteiger partial charge in [-0.1, -0.05) is 6.07 Å². The second-order valence-electron chi connectivity index (χ2n) is 4.75. The van der Waals surface area contributed by atoms with Crippen molar-refractivity contribution < 1.29 is 8.42 Å². The van der Waals surface area contributed by atoms with Gasteiger partial charge in [-0.15, -0.1) is 0 Å². The number of aromatic amines is 1. The van der Waals surface area contributed by atoms with Crippen LogP contribution in [0.25, 0.3) is 10.9 Å². The molecule has 0 aliphatic rings. The summed E-state index contributed by atoms with van der Waals surface area (Å²) in [5.41, 5.74) is 2.24. The average molecular weight is 302 g/mol. The molecule has 0 saturated carbocycles. The monoisotopic (exact) mass is 302 g/mol. The average Bonchev–Trinajstić information content (AvgIpc) is 2.78. The van der Waals surface area contributed by atoms with Crippen molar-refractivity contribution in [3.05, 3.63) is 47.8 Å². The van der Waals surface area contributed by atoms with E-state index in [-0.39, 0.29) is 4.90 Å². The number of H-pyrrole nitrogens is 1. The molecule has 0 bridgehead atoms. The number of rotatable bonds is 3. The van der Waals surface area contributed by atoms with Crippen molar-refractivity contribution in [2.75, 3.05) is 4.72 Å². The fourth-order valence-corrected chi connectivity index (χ4v) is 3.36. The highest BCUT2D eigenvalue weighted by Crippen LogP contribution is 2.24. The van der Waals surface area contributed by atoms with Gasteiger partial charge in [-0.2, -0.15) is 5.10 Å². The number of anilines is 1. The number of aromatic nitrogens is 3. The van der Waals surface area contributed by atoms with Crippen molar-refractivity contribution >= 4 is 26.7 Å². The molecular formula is C14H14N4O2S. The SMILES string of the molecule is Cc1[nH]nc(NS(=O)(=O)c2cccc3ncccc23)c1C. The summed E-state index contributed by atoms with van der Waals surface area (Å²) in [5, 5.41) is 7.31. The molecule has 0 aliphatic heterocycles. The van der Waals surface area contributed by atoms with Gasteiger partial charge in [0, 0.05) is 22.8 Å². The number of sulfonamides is 1. The molecule has 7 heteroatoms. The Morgan fingerprint density at radius 1 is 1.14 bits per heavy atom. The third-order valence-corrected chi connectivity index (χ3v) is 4.78. The normalized spacial score (nSPS) is 11.7. The molecule has 0 fully saturated rings. The highest BCUT2D eigenvalue weighted by molar-refractivity contribution is 7.93. The van der Waals surface area contributed by atoms with Crippen LogP contribution in [-0.2, 0) is 10.0 Å². The van der Waals surface area contributed by atoms with Crippen LogP contribution >= 0.6 is 0 Å². The molecule has 2 N–H and O–H groups in total. The van der Waals surface area contributed by atoms with Crippen molar-refractivity contribution in [3.63, 3.8) is 0 Å². The smallest absolute Gasteiger partial charge is 0.263 e. The fraction of sp³-hybridized carbons (Fsp3) is 0.143. The third kappa shape index (κ3) is 2.36. The molecule has 0 unspecified atom stereocenters. The number of aryl methyl sites for hydroxylation is 1. The Bertz CT molecular complexity index is 910. The Kier molecular flexibility index (Phi) is 3.13. The quantitative estimate of drug-likeness (QED) is 0.777. The van der Waals surface area contributed by atoms with Crippen LogP contribution in [0.5, 0.6) is 0 Å². The van der Waals surface area contributed by atoms with Gasteiger partial charge in [-0.25, -0.2) is 8.42 Å². The van der Waals surface area contributed by atoms with E-state index < -0.39 is 10.0 Å². The van der Waals surface area contributed by atoms with E-state index in [9.17, 15) is 8.42 Å². The van der Waals surface area contributed by atoms with E-state index in [1.165, 1.54) is 0 Å². The summed E-state index contributed by atoms with van der Waals surface area (Å²) in [5.74, 6) is 0.313. The number of nitrogens with zero attached hydrogens (tertiary/aromatic N) is 2. The number of pyridine rings is 1. The van der Waals surface area contributed by atoms with E-state index in [1.54, 1.807) is 43.5 Å². The minimum atomic E-state index is -3.72. The number of hydrogen-bond donors (Lipinski definition) is 2. The maximum Gasteiger partial charge on any atom is 0.263 e. The Balaban J connectivity index is 2.11. The van der Waals surface area contributed by atoms with Gasteiger partial charge in [0.25, 0.3) is 10.0 Å². The summed E-state index contributed by atoms with van der Waals surface area (Å²) in [6.07, 6.45) is 1.63. The van der Waals surface area contributed by atoms with Crippen LogP contribution in [0.3, 0.4) is 0 Å².